The minimum Gasteiger partial charge on any atom is -0.334 e. The van der Waals surface area contributed by atoms with Crippen LogP contribution in [0.1, 0.15) is 27.7 Å². The van der Waals surface area contributed by atoms with Crippen molar-refractivity contribution in [1.29, 1.82) is 0 Å². The summed E-state index contributed by atoms with van der Waals surface area (Å²) < 4.78 is -1.85. The van der Waals surface area contributed by atoms with Crippen LogP contribution in [0.25, 0.3) is 0 Å². The Bertz CT molecular complexity index is 178. The van der Waals surface area contributed by atoms with Crippen molar-refractivity contribution in [3.8, 4) is 0 Å². The van der Waals surface area contributed by atoms with Crippen LogP contribution < -0.4 is 0 Å². The van der Waals surface area contributed by atoms with Crippen LogP contribution in [0.2, 0.25) is 0 Å². The standard InChI is InChI=1S/C8H14Cl3NO/c1-5(2)12(6(3)4)7(13)8(9,10)11/h5-6H,1-4H3. The van der Waals surface area contributed by atoms with Crippen LogP contribution in [-0.2, 0) is 4.79 Å². The smallest absolute Gasteiger partial charge is 0.275 e. The first kappa shape index (κ1) is 13.3. The third-order valence-electron chi connectivity index (χ3n) is 1.59. The molecule has 13 heavy (non-hydrogen) atoms. The quantitative estimate of drug-likeness (QED) is 0.686. The van der Waals surface area contributed by atoms with Gasteiger partial charge in [-0.2, -0.15) is 0 Å². The Hall–Kier alpha value is 0.340. The molecule has 0 saturated heterocycles. The molecular formula is C8H14Cl3NO. The zero-order valence-electron chi connectivity index (χ0n) is 8.14. The molecular weight excluding hydrogens is 232 g/mol. The molecule has 0 aliphatic carbocycles. The van der Waals surface area contributed by atoms with Crippen molar-refractivity contribution in [3.05, 3.63) is 0 Å². The van der Waals surface area contributed by atoms with E-state index >= 15 is 0 Å². The van der Waals surface area contributed by atoms with Gasteiger partial charge in [-0.05, 0) is 27.7 Å². The summed E-state index contributed by atoms with van der Waals surface area (Å²) in [5.74, 6) is -0.470. The number of carbonyl (C=O) groups excluding carboxylic acids is 1. The molecule has 0 aliphatic heterocycles. The number of nitrogens with zero attached hydrogens (tertiary/aromatic N) is 1. The highest BCUT2D eigenvalue weighted by molar-refractivity contribution is 6.76. The Morgan fingerprint density at radius 1 is 1.08 bits per heavy atom. The van der Waals surface area contributed by atoms with E-state index in [-0.39, 0.29) is 12.1 Å². The van der Waals surface area contributed by atoms with E-state index in [2.05, 4.69) is 0 Å². The Labute approximate surface area is 94.1 Å². The second-order valence-electron chi connectivity index (χ2n) is 3.40. The third kappa shape index (κ3) is 3.92. The predicted molar refractivity (Wildman–Crippen MR) is 57.4 cm³/mol. The van der Waals surface area contributed by atoms with Crippen molar-refractivity contribution >= 4 is 40.7 Å². The predicted octanol–water partition coefficient (Wildman–Crippen LogP) is 3.00. The van der Waals surface area contributed by atoms with Gasteiger partial charge in [-0.3, -0.25) is 4.79 Å². The number of halogens is 3. The highest BCUT2D eigenvalue weighted by Crippen LogP contribution is 2.30. The summed E-state index contributed by atoms with van der Waals surface area (Å²) in [7, 11) is 0. The number of amides is 1. The van der Waals surface area contributed by atoms with E-state index in [4.69, 9.17) is 34.8 Å². The highest BCUT2D eigenvalue weighted by Gasteiger charge is 2.37. The minimum atomic E-state index is -1.85. The zero-order chi connectivity index (χ0) is 10.8. The van der Waals surface area contributed by atoms with Gasteiger partial charge in [0.05, 0.1) is 0 Å². The largest absolute Gasteiger partial charge is 0.334 e. The van der Waals surface area contributed by atoms with Gasteiger partial charge in [0.1, 0.15) is 0 Å². The number of hydrogen-bond donors (Lipinski definition) is 0. The minimum absolute atomic E-state index is 0.0307. The summed E-state index contributed by atoms with van der Waals surface area (Å²) in [5.41, 5.74) is 0. The number of rotatable bonds is 2. The van der Waals surface area contributed by atoms with E-state index in [1.165, 1.54) is 0 Å². The summed E-state index contributed by atoms with van der Waals surface area (Å²) in [6, 6.07) is 0.0613. The summed E-state index contributed by atoms with van der Waals surface area (Å²) in [4.78, 5) is 13.1. The Kier molecular flexibility index (Phi) is 4.84. The molecule has 0 unspecified atom stereocenters. The van der Waals surface area contributed by atoms with Gasteiger partial charge in [-0.25, -0.2) is 0 Å². The van der Waals surface area contributed by atoms with Crippen molar-refractivity contribution < 1.29 is 4.79 Å². The van der Waals surface area contributed by atoms with Gasteiger partial charge in [0.25, 0.3) is 9.70 Å². The molecule has 0 fully saturated rings. The highest BCUT2D eigenvalue weighted by atomic mass is 35.6. The lowest BCUT2D eigenvalue weighted by atomic mass is 10.2. The SMILES string of the molecule is CC(C)N(C(=O)C(Cl)(Cl)Cl)C(C)C. The first-order valence-corrected chi connectivity index (χ1v) is 5.20. The summed E-state index contributed by atoms with van der Waals surface area (Å²) in [6.45, 7) is 7.53. The van der Waals surface area contributed by atoms with E-state index < -0.39 is 9.70 Å². The van der Waals surface area contributed by atoms with Crippen LogP contribution >= 0.6 is 34.8 Å². The van der Waals surface area contributed by atoms with Gasteiger partial charge >= 0.3 is 0 Å². The average molecular weight is 247 g/mol. The lowest BCUT2D eigenvalue weighted by Crippen LogP contribution is -2.47. The molecule has 0 bridgehead atoms. The van der Waals surface area contributed by atoms with Crippen LogP contribution in [0.15, 0.2) is 0 Å². The fraction of sp³-hybridized carbons (Fsp3) is 0.875. The van der Waals surface area contributed by atoms with E-state index in [0.717, 1.165) is 0 Å². The van der Waals surface area contributed by atoms with E-state index in [9.17, 15) is 4.79 Å². The van der Waals surface area contributed by atoms with Crippen LogP contribution in [0, 0.1) is 0 Å². The normalized spacial score (nSPS) is 12.4. The monoisotopic (exact) mass is 245 g/mol. The second kappa shape index (κ2) is 4.72. The molecule has 0 atom stereocenters. The summed E-state index contributed by atoms with van der Waals surface area (Å²) in [5, 5.41) is 0. The Morgan fingerprint density at radius 2 is 1.38 bits per heavy atom. The molecule has 0 radical (unpaired) electrons. The fourth-order valence-electron chi connectivity index (χ4n) is 1.21. The molecule has 0 saturated carbocycles. The topological polar surface area (TPSA) is 20.3 Å². The van der Waals surface area contributed by atoms with E-state index in [1.807, 2.05) is 27.7 Å². The van der Waals surface area contributed by atoms with Gasteiger partial charge in [0.15, 0.2) is 0 Å². The zero-order valence-corrected chi connectivity index (χ0v) is 10.4. The lowest BCUT2D eigenvalue weighted by Gasteiger charge is -2.33. The number of alkyl halides is 3. The Balaban J connectivity index is 4.68. The second-order valence-corrected chi connectivity index (χ2v) is 5.68. The molecule has 0 spiro atoms. The van der Waals surface area contributed by atoms with Gasteiger partial charge in [-0.1, -0.05) is 34.8 Å². The first-order valence-electron chi connectivity index (χ1n) is 4.07. The molecule has 2 nitrogen and oxygen atoms in total. The molecule has 0 aliphatic rings. The maximum absolute atomic E-state index is 11.6. The first-order chi connectivity index (χ1) is 5.68. The Morgan fingerprint density at radius 3 is 1.46 bits per heavy atom. The van der Waals surface area contributed by atoms with Crippen molar-refractivity contribution in [3.63, 3.8) is 0 Å². The van der Waals surface area contributed by atoms with Gasteiger partial charge in [0, 0.05) is 12.1 Å². The van der Waals surface area contributed by atoms with Gasteiger partial charge < -0.3 is 4.90 Å². The maximum atomic E-state index is 11.6. The number of hydrogen-bond acceptors (Lipinski definition) is 1. The molecule has 0 heterocycles. The van der Waals surface area contributed by atoms with Crippen molar-refractivity contribution in [2.75, 3.05) is 0 Å². The molecule has 0 rings (SSSR count). The lowest BCUT2D eigenvalue weighted by molar-refractivity contribution is -0.133. The molecule has 0 aromatic heterocycles. The van der Waals surface area contributed by atoms with Crippen molar-refractivity contribution in [2.45, 2.75) is 43.6 Å². The third-order valence-corrected chi connectivity index (χ3v) is 2.07. The van der Waals surface area contributed by atoms with Crippen molar-refractivity contribution in [1.82, 2.24) is 4.90 Å². The molecule has 0 aromatic carbocycles. The fourth-order valence-corrected chi connectivity index (χ4v) is 1.50. The van der Waals surface area contributed by atoms with E-state index in [1.54, 1.807) is 4.90 Å². The summed E-state index contributed by atoms with van der Waals surface area (Å²) in [6.07, 6.45) is 0. The number of carbonyl (C=O) groups is 1. The van der Waals surface area contributed by atoms with E-state index in [0.29, 0.717) is 0 Å². The van der Waals surface area contributed by atoms with Gasteiger partial charge in [-0.15, -0.1) is 0 Å². The van der Waals surface area contributed by atoms with Crippen LogP contribution in [0.3, 0.4) is 0 Å². The molecule has 78 valence electrons. The average Bonchev–Trinajstić information content (AvgIpc) is 1.82. The maximum Gasteiger partial charge on any atom is 0.275 e. The van der Waals surface area contributed by atoms with Gasteiger partial charge in [0.2, 0.25) is 0 Å². The summed E-state index contributed by atoms with van der Waals surface area (Å²) >= 11 is 16.5. The van der Waals surface area contributed by atoms with Crippen LogP contribution in [0.4, 0.5) is 0 Å². The molecule has 5 heteroatoms. The molecule has 0 N–H and O–H groups in total. The van der Waals surface area contributed by atoms with Crippen LogP contribution in [0.5, 0.6) is 0 Å². The van der Waals surface area contributed by atoms with Crippen LogP contribution in [-0.4, -0.2) is 26.7 Å². The molecule has 0 aromatic rings. The van der Waals surface area contributed by atoms with Crippen molar-refractivity contribution in [2.24, 2.45) is 0 Å². The molecule has 1 amide bonds.